The zero-order valence-electron chi connectivity index (χ0n) is 12.9. The zero-order valence-corrected chi connectivity index (χ0v) is 13.8. The molecular formula is C16H18N2O4S. The fourth-order valence-corrected chi connectivity index (χ4v) is 3.19. The van der Waals surface area contributed by atoms with Crippen LogP contribution in [0.4, 0.5) is 0 Å². The maximum Gasteiger partial charge on any atom is 0.252 e. The molecule has 0 atom stereocenters. The molecule has 0 aliphatic heterocycles. The predicted octanol–water partition coefficient (Wildman–Crippen LogP) is 1.81. The van der Waals surface area contributed by atoms with Crippen LogP contribution in [0.5, 0.6) is 5.88 Å². The van der Waals surface area contributed by atoms with Crippen LogP contribution in [-0.4, -0.2) is 32.2 Å². The van der Waals surface area contributed by atoms with Gasteiger partial charge in [-0.2, -0.15) is 0 Å². The Hall–Kier alpha value is -2.41. The van der Waals surface area contributed by atoms with Gasteiger partial charge in [0.15, 0.2) is 9.84 Å². The summed E-state index contributed by atoms with van der Waals surface area (Å²) in [4.78, 5) is 16.5. The van der Waals surface area contributed by atoms with Crippen LogP contribution in [0.25, 0.3) is 0 Å². The Morgan fingerprint density at radius 2 is 1.96 bits per heavy atom. The van der Waals surface area contributed by atoms with Crippen LogP contribution < -0.4 is 10.1 Å². The number of sulfone groups is 1. The van der Waals surface area contributed by atoms with Crippen molar-refractivity contribution >= 4 is 15.7 Å². The SMILES string of the molecule is CCS(=O)(=O)c1ccccc1C(=O)NCc1cccnc1OC. The number of rotatable bonds is 6. The van der Waals surface area contributed by atoms with Crippen molar-refractivity contribution in [3.05, 3.63) is 53.7 Å². The molecule has 1 amide bonds. The molecular weight excluding hydrogens is 316 g/mol. The van der Waals surface area contributed by atoms with E-state index >= 15 is 0 Å². The largest absolute Gasteiger partial charge is 0.481 e. The summed E-state index contributed by atoms with van der Waals surface area (Å²) in [6.45, 7) is 1.74. The monoisotopic (exact) mass is 334 g/mol. The first-order chi connectivity index (χ1) is 11.0. The van der Waals surface area contributed by atoms with Gasteiger partial charge in [0.25, 0.3) is 5.91 Å². The van der Waals surface area contributed by atoms with Crippen molar-refractivity contribution in [1.82, 2.24) is 10.3 Å². The van der Waals surface area contributed by atoms with E-state index in [-0.39, 0.29) is 22.8 Å². The molecule has 122 valence electrons. The number of aromatic nitrogens is 1. The zero-order chi connectivity index (χ0) is 16.9. The molecule has 1 N–H and O–H groups in total. The molecule has 0 radical (unpaired) electrons. The first-order valence-corrected chi connectivity index (χ1v) is 8.72. The van der Waals surface area contributed by atoms with Gasteiger partial charge in [0.1, 0.15) is 0 Å². The predicted molar refractivity (Wildman–Crippen MR) is 86.1 cm³/mol. The van der Waals surface area contributed by atoms with E-state index in [1.165, 1.54) is 19.2 Å². The first-order valence-electron chi connectivity index (χ1n) is 7.07. The normalized spacial score (nSPS) is 11.0. The molecule has 1 aromatic carbocycles. The molecule has 0 aliphatic rings. The van der Waals surface area contributed by atoms with Crippen molar-refractivity contribution in [1.29, 1.82) is 0 Å². The summed E-state index contributed by atoms with van der Waals surface area (Å²) >= 11 is 0. The van der Waals surface area contributed by atoms with Crippen LogP contribution in [0, 0.1) is 0 Å². The smallest absolute Gasteiger partial charge is 0.252 e. The molecule has 1 heterocycles. The third-order valence-corrected chi connectivity index (χ3v) is 5.12. The van der Waals surface area contributed by atoms with Gasteiger partial charge < -0.3 is 10.1 Å². The molecule has 6 nitrogen and oxygen atoms in total. The van der Waals surface area contributed by atoms with Gasteiger partial charge in [-0.05, 0) is 18.2 Å². The average Bonchev–Trinajstić information content (AvgIpc) is 2.59. The minimum atomic E-state index is -3.47. The second-order valence-electron chi connectivity index (χ2n) is 4.75. The molecule has 0 fully saturated rings. The van der Waals surface area contributed by atoms with Crippen molar-refractivity contribution in [3.63, 3.8) is 0 Å². The Kier molecular flexibility index (Phi) is 5.33. The number of hydrogen-bond donors (Lipinski definition) is 1. The lowest BCUT2D eigenvalue weighted by molar-refractivity contribution is 0.0947. The minimum Gasteiger partial charge on any atom is -0.481 e. The highest BCUT2D eigenvalue weighted by molar-refractivity contribution is 7.91. The lowest BCUT2D eigenvalue weighted by Crippen LogP contribution is -2.25. The Morgan fingerprint density at radius 1 is 1.22 bits per heavy atom. The molecule has 0 unspecified atom stereocenters. The minimum absolute atomic E-state index is 0.0400. The van der Waals surface area contributed by atoms with E-state index in [0.717, 1.165) is 0 Å². The standard InChI is InChI=1S/C16H18N2O4S/c1-3-23(20,21)14-9-5-4-8-13(14)15(19)18-11-12-7-6-10-17-16(12)22-2/h4-10H,3,11H2,1-2H3,(H,18,19). The van der Waals surface area contributed by atoms with E-state index in [1.807, 2.05) is 0 Å². The fourth-order valence-electron chi connectivity index (χ4n) is 2.09. The maximum atomic E-state index is 12.4. The lowest BCUT2D eigenvalue weighted by atomic mass is 10.2. The molecule has 0 spiro atoms. The van der Waals surface area contributed by atoms with Crippen LogP contribution in [0.2, 0.25) is 0 Å². The number of nitrogens with zero attached hydrogens (tertiary/aromatic N) is 1. The van der Waals surface area contributed by atoms with Crippen LogP contribution in [-0.2, 0) is 16.4 Å². The average molecular weight is 334 g/mol. The molecule has 0 saturated carbocycles. The number of pyridine rings is 1. The molecule has 2 rings (SSSR count). The summed E-state index contributed by atoms with van der Waals surface area (Å²) in [6, 6.07) is 9.69. The highest BCUT2D eigenvalue weighted by Gasteiger charge is 2.20. The number of methoxy groups -OCH3 is 1. The number of hydrogen-bond acceptors (Lipinski definition) is 5. The molecule has 0 bridgehead atoms. The Morgan fingerprint density at radius 3 is 2.65 bits per heavy atom. The molecule has 0 aliphatic carbocycles. The summed E-state index contributed by atoms with van der Waals surface area (Å²) < 4.78 is 29.3. The van der Waals surface area contributed by atoms with E-state index < -0.39 is 15.7 Å². The van der Waals surface area contributed by atoms with Crippen LogP contribution >= 0.6 is 0 Å². The number of carbonyl (C=O) groups excluding carboxylic acids is 1. The van der Waals surface area contributed by atoms with Crippen molar-refractivity contribution in [2.45, 2.75) is 18.4 Å². The second kappa shape index (κ2) is 7.23. The Labute approximate surface area is 135 Å². The molecule has 1 aromatic heterocycles. The summed E-state index contributed by atoms with van der Waals surface area (Å²) in [5.41, 5.74) is 0.844. The van der Waals surface area contributed by atoms with Crippen LogP contribution in [0.15, 0.2) is 47.5 Å². The molecule has 0 saturated heterocycles. The van der Waals surface area contributed by atoms with Gasteiger partial charge in [-0.1, -0.05) is 25.1 Å². The van der Waals surface area contributed by atoms with Gasteiger partial charge in [-0.15, -0.1) is 0 Å². The van der Waals surface area contributed by atoms with Crippen LogP contribution in [0.1, 0.15) is 22.8 Å². The number of ether oxygens (including phenoxy) is 1. The topological polar surface area (TPSA) is 85.4 Å². The second-order valence-corrected chi connectivity index (χ2v) is 7.00. The quantitative estimate of drug-likeness (QED) is 0.871. The highest BCUT2D eigenvalue weighted by Crippen LogP contribution is 2.18. The summed E-state index contributed by atoms with van der Waals surface area (Å²) in [5.74, 6) is -0.0981. The van der Waals surface area contributed by atoms with Gasteiger partial charge >= 0.3 is 0 Å². The maximum absolute atomic E-state index is 12.4. The number of carbonyl (C=O) groups is 1. The number of benzene rings is 1. The van der Waals surface area contributed by atoms with Crippen molar-refractivity contribution in [3.8, 4) is 5.88 Å². The lowest BCUT2D eigenvalue weighted by Gasteiger charge is -2.11. The van der Waals surface area contributed by atoms with E-state index in [0.29, 0.717) is 11.4 Å². The molecule has 2 aromatic rings. The van der Waals surface area contributed by atoms with Gasteiger partial charge in [0.2, 0.25) is 5.88 Å². The van der Waals surface area contributed by atoms with Crippen molar-refractivity contribution in [2.24, 2.45) is 0 Å². The summed E-state index contributed by atoms with van der Waals surface area (Å²) in [6.07, 6.45) is 1.59. The van der Waals surface area contributed by atoms with Crippen molar-refractivity contribution < 1.29 is 17.9 Å². The Bertz CT molecular complexity index is 803. The van der Waals surface area contributed by atoms with Gasteiger partial charge in [-0.25, -0.2) is 13.4 Å². The summed E-state index contributed by atoms with van der Waals surface area (Å²) in [5, 5.41) is 2.70. The Balaban J connectivity index is 2.22. The summed E-state index contributed by atoms with van der Waals surface area (Å²) in [7, 11) is -1.97. The van der Waals surface area contributed by atoms with Gasteiger partial charge in [0.05, 0.1) is 23.3 Å². The molecule has 23 heavy (non-hydrogen) atoms. The third-order valence-electron chi connectivity index (χ3n) is 3.33. The van der Waals surface area contributed by atoms with E-state index in [9.17, 15) is 13.2 Å². The number of nitrogens with one attached hydrogen (secondary N) is 1. The van der Waals surface area contributed by atoms with Gasteiger partial charge in [0, 0.05) is 18.3 Å². The van der Waals surface area contributed by atoms with Gasteiger partial charge in [-0.3, -0.25) is 4.79 Å². The third kappa shape index (κ3) is 3.87. The van der Waals surface area contributed by atoms with Crippen molar-refractivity contribution in [2.75, 3.05) is 12.9 Å². The molecule has 7 heteroatoms. The first kappa shape index (κ1) is 17.0. The highest BCUT2D eigenvalue weighted by atomic mass is 32.2. The van der Waals surface area contributed by atoms with E-state index in [4.69, 9.17) is 4.74 Å². The number of amides is 1. The fraction of sp³-hybridized carbons (Fsp3) is 0.250. The van der Waals surface area contributed by atoms with Crippen LogP contribution in [0.3, 0.4) is 0 Å². The van der Waals surface area contributed by atoms with E-state index in [1.54, 1.807) is 37.4 Å². The van der Waals surface area contributed by atoms with E-state index in [2.05, 4.69) is 10.3 Å².